The van der Waals surface area contributed by atoms with Crippen molar-refractivity contribution in [3.8, 4) is 12.3 Å². The average molecular weight is 573 g/mol. The third kappa shape index (κ3) is 12.9. The molecule has 0 radical (unpaired) electrons. The van der Waals surface area contributed by atoms with Crippen molar-refractivity contribution in [1.29, 1.82) is 0 Å². The SMILES string of the molecule is C#CC1=CCC(C2CCN(C(=CCC)c3ccc(C)c(NC)c3)CC2)C=C1.C=CCCC.C=O.CCC1CCCCC1. The molecule has 1 aromatic rings. The van der Waals surface area contributed by atoms with Crippen molar-refractivity contribution < 1.29 is 4.79 Å². The zero-order valence-electron chi connectivity index (χ0n) is 27.6. The molecule has 3 nitrogen and oxygen atoms in total. The summed E-state index contributed by atoms with van der Waals surface area (Å²) in [6.07, 6.45) is 32.5. The second-order valence-electron chi connectivity index (χ2n) is 11.7. The summed E-state index contributed by atoms with van der Waals surface area (Å²) >= 11 is 0. The van der Waals surface area contributed by atoms with Crippen LogP contribution >= 0.6 is 0 Å². The minimum atomic E-state index is 0.651. The Morgan fingerprint density at radius 2 is 1.79 bits per heavy atom. The van der Waals surface area contributed by atoms with Gasteiger partial charge in [0.15, 0.2) is 0 Å². The van der Waals surface area contributed by atoms with Gasteiger partial charge in [0.25, 0.3) is 0 Å². The van der Waals surface area contributed by atoms with E-state index in [0.717, 1.165) is 49.8 Å². The smallest absolute Gasteiger partial charge is 0.106 e. The van der Waals surface area contributed by atoms with Crippen LogP contribution < -0.4 is 5.32 Å². The number of carbonyl (C=O) groups excluding carboxylic acids is 1. The summed E-state index contributed by atoms with van der Waals surface area (Å²) < 4.78 is 0. The molecule has 1 aromatic carbocycles. The lowest BCUT2D eigenvalue weighted by molar-refractivity contribution is -0.0980. The highest BCUT2D eigenvalue weighted by Gasteiger charge is 2.27. The van der Waals surface area contributed by atoms with Gasteiger partial charge in [0.1, 0.15) is 6.79 Å². The van der Waals surface area contributed by atoms with E-state index in [4.69, 9.17) is 11.2 Å². The van der Waals surface area contributed by atoms with Gasteiger partial charge in [0.05, 0.1) is 0 Å². The van der Waals surface area contributed by atoms with Gasteiger partial charge < -0.3 is 15.0 Å². The first-order valence-corrected chi connectivity index (χ1v) is 16.5. The molecule has 3 aliphatic rings. The maximum atomic E-state index is 8.00. The van der Waals surface area contributed by atoms with E-state index < -0.39 is 0 Å². The first kappa shape index (κ1) is 37.0. The molecular formula is C39H60N2O. The number of likely N-dealkylation sites (tertiary alicyclic amines) is 1. The predicted molar refractivity (Wildman–Crippen MR) is 187 cm³/mol. The normalized spacial score (nSPS) is 19.0. The summed E-state index contributed by atoms with van der Waals surface area (Å²) in [5.41, 5.74) is 6.26. The predicted octanol–water partition coefficient (Wildman–Crippen LogP) is 10.4. The Labute approximate surface area is 259 Å². The van der Waals surface area contributed by atoms with E-state index in [0.29, 0.717) is 5.92 Å². The second kappa shape index (κ2) is 22.6. The van der Waals surface area contributed by atoms with Crippen LogP contribution in [0.15, 0.2) is 60.7 Å². The first-order valence-electron chi connectivity index (χ1n) is 16.5. The van der Waals surface area contributed by atoms with Crippen molar-refractivity contribution >= 4 is 18.2 Å². The Morgan fingerprint density at radius 1 is 1.10 bits per heavy atom. The van der Waals surface area contributed by atoms with Gasteiger partial charge in [0, 0.05) is 37.1 Å². The highest BCUT2D eigenvalue weighted by atomic mass is 16.1. The zero-order valence-corrected chi connectivity index (χ0v) is 27.6. The molecule has 0 spiro atoms. The largest absolute Gasteiger partial charge is 0.388 e. The van der Waals surface area contributed by atoms with Crippen LogP contribution in [0.5, 0.6) is 0 Å². The van der Waals surface area contributed by atoms with Gasteiger partial charge in [-0.05, 0) is 74.0 Å². The van der Waals surface area contributed by atoms with Gasteiger partial charge in [0.2, 0.25) is 0 Å². The fraction of sp³-hybridized carbons (Fsp3) is 0.564. The molecular weight excluding hydrogens is 512 g/mol. The van der Waals surface area contributed by atoms with Gasteiger partial charge in [-0.1, -0.05) is 114 Å². The summed E-state index contributed by atoms with van der Waals surface area (Å²) in [5.74, 6) is 5.25. The number of rotatable bonds is 8. The monoisotopic (exact) mass is 572 g/mol. The molecule has 2 aliphatic carbocycles. The molecule has 1 saturated carbocycles. The van der Waals surface area contributed by atoms with E-state index in [1.807, 2.05) is 19.9 Å². The number of anilines is 1. The van der Waals surface area contributed by atoms with E-state index in [-0.39, 0.29) is 0 Å². The molecule has 42 heavy (non-hydrogen) atoms. The molecule has 2 fully saturated rings. The topological polar surface area (TPSA) is 32.3 Å². The highest BCUT2D eigenvalue weighted by molar-refractivity contribution is 5.69. The van der Waals surface area contributed by atoms with E-state index in [2.05, 4.69) is 92.9 Å². The van der Waals surface area contributed by atoms with Crippen LogP contribution in [0.4, 0.5) is 5.69 Å². The highest BCUT2D eigenvalue weighted by Crippen LogP contribution is 2.35. The number of nitrogens with zero attached hydrogens (tertiary/aromatic N) is 1. The molecule has 1 atom stereocenters. The number of nitrogens with one attached hydrogen (secondary N) is 1. The van der Waals surface area contributed by atoms with Crippen LogP contribution in [0.3, 0.4) is 0 Å². The molecule has 232 valence electrons. The summed E-state index contributed by atoms with van der Waals surface area (Å²) in [7, 11) is 2.00. The number of hydrogen-bond donors (Lipinski definition) is 1. The molecule has 1 N–H and O–H groups in total. The molecule has 1 heterocycles. The van der Waals surface area contributed by atoms with Crippen LogP contribution in [0.2, 0.25) is 0 Å². The zero-order chi connectivity index (χ0) is 31.2. The minimum absolute atomic E-state index is 0.651. The molecule has 3 heteroatoms. The number of terminal acetylenes is 1. The second-order valence-corrected chi connectivity index (χ2v) is 11.7. The number of benzene rings is 1. The number of allylic oxidation sites excluding steroid dienone is 6. The molecule has 4 rings (SSSR count). The van der Waals surface area contributed by atoms with E-state index >= 15 is 0 Å². The summed E-state index contributed by atoms with van der Waals surface area (Å²) in [6, 6.07) is 6.78. The van der Waals surface area contributed by atoms with E-state index in [1.54, 1.807) is 0 Å². The lowest BCUT2D eigenvalue weighted by atomic mass is 9.79. The lowest BCUT2D eigenvalue weighted by Gasteiger charge is -2.38. The van der Waals surface area contributed by atoms with Crippen molar-refractivity contribution in [2.45, 2.75) is 105 Å². The number of unbranched alkanes of at least 4 members (excludes halogenated alkanes) is 1. The fourth-order valence-electron chi connectivity index (χ4n) is 6.14. The Kier molecular flexibility index (Phi) is 19.9. The van der Waals surface area contributed by atoms with Gasteiger partial charge in [-0.15, -0.1) is 13.0 Å². The van der Waals surface area contributed by atoms with Crippen LogP contribution in [-0.4, -0.2) is 31.8 Å². The number of piperidine rings is 1. The maximum absolute atomic E-state index is 8.00. The van der Waals surface area contributed by atoms with Crippen LogP contribution in [0.1, 0.15) is 109 Å². The number of carbonyl (C=O) groups is 1. The number of hydrogen-bond acceptors (Lipinski definition) is 3. The Hall–Kier alpha value is -2.99. The molecule has 1 aliphatic heterocycles. The third-order valence-electron chi connectivity index (χ3n) is 8.78. The molecule has 0 amide bonds. The van der Waals surface area contributed by atoms with Gasteiger partial charge in [-0.3, -0.25) is 0 Å². The Morgan fingerprint density at radius 3 is 2.24 bits per heavy atom. The van der Waals surface area contributed by atoms with Crippen molar-refractivity contribution in [2.75, 3.05) is 25.5 Å². The summed E-state index contributed by atoms with van der Waals surface area (Å²) in [4.78, 5) is 10.6. The van der Waals surface area contributed by atoms with Crippen molar-refractivity contribution in [2.24, 2.45) is 17.8 Å². The van der Waals surface area contributed by atoms with E-state index in [1.165, 1.54) is 80.3 Å². The van der Waals surface area contributed by atoms with Crippen molar-refractivity contribution in [3.63, 3.8) is 0 Å². The quantitative estimate of drug-likeness (QED) is 0.248. The van der Waals surface area contributed by atoms with Gasteiger partial charge in [-0.2, -0.15) is 0 Å². The summed E-state index contributed by atoms with van der Waals surface area (Å²) in [5, 5.41) is 3.32. The molecule has 0 aromatic heterocycles. The van der Waals surface area contributed by atoms with Crippen molar-refractivity contribution in [3.05, 3.63) is 71.9 Å². The summed E-state index contributed by atoms with van der Waals surface area (Å²) in [6.45, 7) is 16.7. The Balaban J connectivity index is 0.000000483. The first-order chi connectivity index (χ1) is 20.5. The molecule has 1 unspecified atom stereocenters. The van der Waals surface area contributed by atoms with E-state index in [9.17, 15) is 0 Å². The molecule has 0 bridgehead atoms. The van der Waals surface area contributed by atoms with Crippen LogP contribution in [-0.2, 0) is 4.79 Å². The maximum Gasteiger partial charge on any atom is 0.106 e. The Bertz CT molecular complexity index is 1010. The fourth-order valence-corrected chi connectivity index (χ4v) is 6.14. The average Bonchev–Trinajstić information content (AvgIpc) is 3.06. The molecule has 1 saturated heterocycles. The number of aryl methyl sites for hydroxylation is 1. The van der Waals surface area contributed by atoms with Crippen molar-refractivity contribution in [1.82, 2.24) is 4.90 Å². The van der Waals surface area contributed by atoms with Crippen LogP contribution in [0, 0.1) is 37.0 Å². The van der Waals surface area contributed by atoms with Gasteiger partial charge >= 0.3 is 0 Å². The lowest BCUT2D eigenvalue weighted by Crippen LogP contribution is -2.35. The standard InChI is InChI=1S/C25H32N2.C8H16.C5H10.CH2O/c1-5-7-25(23-11-8-19(3)24(18-23)26-4)27-16-14-22(15-17-27)21-12-9-20(6-2)10-13-21;1-2-8-6-4-3-5-7-8;1-3-5-4-2;1-2/h2,7-12,18,21-22,26H,5,13-17H2,1,3-4H3;8H,2-7H2,1H3;3H,1,4-5H2,2H3;1H2. The van der Waals surface area contributed by atoms with Gasteiger partial charge in [-0.25, -0.2) is 0 Å². The third-order valence-corrected chi connectivity index (χ3v) is 8.78. The van der Waals surface area contributed by atoms with Crippen LogP contribution in [0.25, 0.3) is 5.70 Å². The minimum Gasteiger partial charge on any atom is -0.388 e.